The second-order valence-corrected chi connectivity index (χ2v) is 4.65. The van der Waals surface area contributed by atoms with Gasteiger partial charge in [0.05, 0.1) is 5.56 Å². The average Bonchev–Trinajstić information content (AvgIpc) is 2.44. The summed E-state index contributed by atoms with van der Waals surface area (Å²) in [6.07, 6.45) is 0.942. The lowest BCUT2D eigenvalue weighted by molar-refractivity contribution is 0.417. The molecule has 2 aromatic rings. The van der Waals surface area contributed by atoms with Gasteiger partial charge in [-0.05, 0) is 32.4 Å². The molecular weight excluding hydrogens is 276 g/mol. The summed E-state index contributed by atoms with van der Waals surface area (Å²) >= 11 is 0. The van der Waals surface area contributed by atoms with Gasteiger partial charge in [0.1, 0.15) is 17.5 Å². The Kier molecular flexibility index (Phi) is 4.67. The molecule has 1 aromatic carbocycles. The molecule has 0 radical (unpaired) electrons. The lowest BCUT2D eigenvalue weighted by Crippen LogP contribution is -2.07. The Morgan fingerprint density at radius 3 is 2.67 bits per heavy atom. The molecule has 21 heavy (non-hydrogen) atoms. The summed E-state index contributed by atoms with van der Waals surface area (Å²) in [6.45, 7) is 6.27. The maximum absolute atomic E-state index is 13.6. The minimum atomic E-state index is -0.643. The second kappa shape index (κ2) is 6.47. The highest BCUT2D eigenvalue weighted by atomic mass is 19.1. The van der Waals surface area contributed by atoms with Gasteiger partial charge in [0.15, 0.2) is 11.6 Å². The molecule has 1 heterocycles. The van der Waals surface area contributed by atoms with Crippen molar-refractivity contribution in [2.45, 2.75) is 27.2 Å². The molecule has 0 unspecified atom stereocenters. The number of nitrogens with one attached hydrogen (secondary N) is 1. The number of ether oxygens (including phenoxy) is 1. The predicted octanol–water partition coefficient (Wildman–Crippen LogP) is 3.99. The van der Waals surface area contributed by atoms with Crippen LogP contribution in [0.4, 0.5) is 14.6 Å². The van der Waals surface area contributed by atoms with Crippen LogP contribution >= 0.6 is 0 Å². The van der Waals surface area contributed by atoms with Crippen molar-refractivity contribution in [3.63, 3.8) is 0 Å². The fourth-order valence-electron chi connectivity index (χ4n) is 1.78. The number of hydrogen-bond donors (Lipinski definition) is 1. The Morgan fingerprint density at radius 1 is 1.19 bits per heavy atom. The van der Waals surface area contributed by atoms with Crippen LogP contribution in [0, 0.1) is 25.5 Å². The zero-order chi connectivity index (χ0) is 15.4. The molecule has 0 aliphatic carbocycles. The highest BCUT2D eigenvalue weighted by molar-refractivity contribution is 5.49. The largest absolute Gasteiger partial charge is 0.435 e. The zero-order valence-electron chi connectivity index (χ0n) is 12.2. The van der Waals surface area contributed by atoms with Gasteiger partial charge in [-0.15, -0.1) is 0 Å². The van der Waals surface area contributed by atoms with Crippen molar-refractivity contribution in [3.8, 4) is 11.6 Å². The summed E-state index contributed by atoms with van der Waals surface area (Å²) in [5.74, 6) is -0.0697. The van der Waals surface area contributed by atoms with Crippen LogP contribution in [0.1, 0.15) is 24.7 Å². The maximum Gasteiger partial charge on any atom is 0.227 e. The summed E-state index contributed by atoms with van der Waals surface area (Å²) in [5, 5.41) is 3.16. The Bertz CT molecular complexity index is 647. The van der Waals surface area contributed by atoms with Crippen molar-refractivity contribution < 1.29 is 13.5 Å². The summed E-state index contributed by atoms with van der Waals surface area (Å²) in [7, 11) is 0. The monoisotopic (exact) mass is 293 g/mol. The van der Waals surface area contributed by atoms with Crippen molar-refractivity contribution in [2.24, 2.45) is 0 Å². The predicted molar refractivity (Wildman–Crippen MR) is 76.7 cm³/mol. The molecule has 0 fully saturated rings. The highest BCUT2D eigenvalue weighted by Gasteiger charge is 2.13. The fraction of sp³-hybridized carbons (Fsp3) is 0.333. The molecule has 0 spiro atoms. The van der Waals surface area contributed by atoms with E-state index in [4.69, 9.17) is 4.74 Å². The standard InChI is InChI=1S/C15H17F2N3O/c1-4-7-18-14-9(2)15(20-10(3)19-14)21-13-8-11(16)5-6-12(13)17/h5-6,8H,4,7H2,1-3H3,(H,18,19,20). The Labute approximate surface area is 122 Å². The van der Waals surface area contributed by atoms with Gasteiger partial charge >= 0.3 is 0 Å². The molecule has 0 aliphatic rings. The van der Waals surface area contributed by atoms with E-state index in [1.807, 2.05) is 6.92 Å². The summed E-state index contributed by atoms with van der Waals surface area (Å²) in [6, 6.07) is 3.05. The van der Waals surface area contributed by atoms with Crippen molar-refractivity contribution in [3.05, 3.63) is 41.2 Å². The number of aromatic nitrogens is 2. The fourth-order valence-corrected chi connectivity index (χ4v) is 1.78. The molecule has 2 rings (SSSR count). The number of anilines is 1. The van der Waals surface area contributed by atoms with Crippen LogP contribution < -0.4 is 10.1 Å². The first-order chi connectivity index (χ1) is 10.0. The van der Waals surface area contributed by atoms with Crippen LogP contribution in [-0.2, 0) is 0 Å². The third-order valence-electron chi connectivity index (χ3n) is 2.86. The molecule has 1 N–H and O–H groups in total. The second-order valence-electron chi connectivity index (χ2n) is 4.65. The van der Waals surface area contributed by atoms with E-state index in [0.29, 0.717) is 17.2 Å². The van der Waals surface area contributed by atoms with Gasteiger partial charge in [-0.25, -0.2) is 13.8 Å². The molecule has 0 saturated carbocycles. The molecule has 6 heteroatoms. The number of halogens is 2. The van der Waals surface area contributed by atoms with Gasteiger partial charge in [-0.3, -0.25) is 0 Å². The smallest absolute Gasteiger partial charge is 0.227 e. The zero-order valence-corrected chi connectivity index (χ0v) is 12.2. The minimum absolute atomic E-state index is 0.197. The molecule has 0 amide bonds. The van der Waals surface area contributed by atoms with Crippen LogP contribution in [-0.4, -0.2) is 16.5 Å². The first-order valence-electron chi connectivity index (χ1n) is 6.73. The van der Waals surface area contributed by atoms with Crippen molar-refractivity contribution in [1.82, 2.24) is 9.97 Å². The van der Waals surface area contributed by atoms with E-state index >= 15 is 0 Å². The van der Waals surface area contributed by atoms with Gasteiger partial charge in [0, 0.05) is 12.6 Å². The molecule has 0 bridgehead atoms. The quantitative estimate of drug-likeness (QED) is 0.905. The molecule has 112 valence electrons. The first-order valence-corrected chi connectivity index (χ1v) is 6.73. The van der Waals surface area contributed by atoms with E-state index in [-0.39, 0.29) is 11.6 Å². The van der Waals surface area contributed by atoms with Crippen LogP contribution in [0.5, 0.6) is 11.6 Å². The highest BCUT2D eigenvalue weighted by Crippen LogP contribution is 2.29. The Balaban J connectivity index is 2.35. The van der Waals surface area contributed by atoms with Gasteiger partial charge in [0.2, 0.25) is 5.88 Å². The SMILES string of the molecule is CCCNc1nc(C)nc(Oc2cc(F)ccc2F)c1C. The number of rotatable bonds is 5. The van der Waals surface area contributed by atoms with Gasteiger partial charge in [0.25, 0.3) is 0 Å². The minimum Gasteiger partial charge on any atom is -0.435 e. The normalized spacial score (nSPS) is 10.5. The van der Waals surface area contributed by atoms with Crippen LogP contribution in [0.25, 0.3) is 0 Å². The topological polar surface area (TPSA) is 47.0 Å². The number of hydrogen-bond acceptors (Lipinski definition) is 4. The van der Waals surface area contributed by atoms with Crippen molar-refractivity contribution in [1.29, 1.82) is 0 Å². The number of aryl methyl sites for hydroxylation is 1. The lowest BCUT2D eigenvalue weighted by atomic mass is 10.3. The average molecular weight is 293 g/mol. The lowest BCUT2D eigenvalue weighted by Gasteiger charge is -2.13. The maximum atomic E-state index is 13.6. The van der Waals surface area contributed by atoms with Crippen molar-refractivity contribution >= 4 is 5.82 Å². The molecule has 0 aliphatic heterocycles. The van der Waals surface area contributed by atoms with E-state index in [1.54, 1.807) is 13.8 Å². The van der Waals surface area contributed by atoms with Crippen LogP contribution in [0.15, 0.2) is 18.2 Å². The Hall–Kier alpha value is -2.24. The van der Waals surface area contributed by atoms with Gasteiger partial charge in [-0.1, -0.05) is 6.92 Å². The molecule has 0 atom stereocenters. The molecule has 1 aromatic heterocycles. The van der Waals surface area contributed by atoms with E-state index < -0.39 is 11.6 Å². The molecule has 0 saturated heterocycles. The van der Waals surface area contributed by atoms with Crippen molar-refractivity contribution in [2.75, 3.05) is 11.9 Å². The first kappa shape index (κ1) is 15.2. The third-order valence-corrected chi connectivity index (χ3v) is 2.86. The van der Waals surface area contributed by atoms with Crippen LogP contribution in [0.3, 0.4) is 0 Å². The van der Waals surface area contributed by atoms with Gasteiger partial charge in [-0.2, -0.15) is 4.98 Å². The molecule has 4 nitrogen and oxygen atoms in total. The van der Waals surface area contributed by atoms with E-state index in [1.165, 1.54) is 0 Å². The van der Waals surface area contributed by atoms with Gasteiger partial charge < -0.3 is 10.1 Å². The van der Waals surface area contributed by atoms with Crippen LogP contribution in [0.2, 0.25) is 0 Å². The number of benzene rings is 1. The Morgan fingerprint density at radius 2 is 1.95 bits per heavy atom. The summed E-state index contributed by atoms with van der Waals surface area (Å²) < 4.78 is 32.2. The van der Waals surface area contributed by atoms with E-state index in [9.17, 15) is 8.78 Å². The van der Waals surface area contributed by atoms with E-state index in [0.717, 1.165) is 31.2 Å². The van der Waals surface area contributed by atoms with E-state index in [2.05, 4.69) is 15.3 Å². The molecular formula is C15H17F2N3O. The summed E-state index contributed by atoms with van der Waals surface area (Å²) in [4.78, 5) is 8.43. The third kappa shape index (κ3) is 3.65. The summed E-state index contributed by atoms with van der Waals surface area (Å²) in [5.41, 5.74) is 0.651. The number of nitrogens with zero attached hydrogens (tertiary/aromatic N) is 2.